The van der Waals surface area contributed by atoms with Crippen LogP contribution >= 0.6 is 0 Å². The van der Waals surface area contributed by atoms with E-state index >= 15 is 0 Å². The standard InChI is InChI=1S/C23H27F2N3O5/c1-12-10-15(4-5-16(12)25)26-22(31)19-13(2)20(28(8-7-24)14(19)3)21(30)23(32)27-17-6-9-33-11-18(17)29/h4-5,10,17-18,29H,6-9,11H2,1-3H3,(H,26,31)(H,27,32)/t17-,18-/m1/s1. The van der Waals surface area contributed by atoms with Gasteiger partial charge in [-0.3, -0.25) is 14.4 Å². The van der Waals surface area contributed by atoms with Crippen molar-refractivity contribution >= 4 is 23.3 Å². The van der Waals surface area contributed by atoms with Crippen molar-refractivity contribution in [1.29, 1.82) is 0 Å². The Bertz CT molecular complexity index is 1080. The van der Waals surface area contributed by atoms with E-state index in [9.17, 15) is 28.3 Å². The largest absolute Gasteiger partial charge is 0.389 e. The molecule has 0 spiro atoms. The highest BCUT2D eigenvalue weighted by Crippen LogP contribution is 2.25. The van der Waals surface area contributed by atoms with Crippen LogP contribution in [0.15, 0.2) is 18.2 Å². The average molecular weight is 463 g/mol. The molecule has 1 aliphatic heterocycles. The molecule has 1 aromatic heterocycles. The van der Waals surface area contributed by atoms with Crippen LogP contribution in [0, 0.1) is 26.6 Å². The van der Waals surface area contributed by atoms with Crippen molar-refractivity contribution in [2.75, 3.05) is 25.2 Å². The molecule has 1 fully saturated rings. The molecular weight excluding hydrogens is 436 g/mol. The van der Waals surface area contributed by atoms with Crippen LogP contribution in [0.1, 0.15) is 44.1 Å². The van der Waals surface area contributed by atoms with Crippen LogP contribution in [0.2, 0.25) is 0 Å². The molecule has 178 valence electrons. The molecule has 0 aliphatic carbocycles. The number of ether oxygens (including phenoxy) is 1. The number of nitrogens with one attached hydrogen (secondary N) is 2. The van der Waals surface area contributed by atoms with Gasteiger partial charge in [0.15, 0.2) is 0 Å². The Labute approximate surface area is 189 Å². The second-order valence-corrected chi connectivity index (χ2v) is 8.03. The Morgan fingerprint density at radius 3 is 2.61 bits per heavy atom. The highest BCUT2D eigenvalue weighted by molar-refractivity contribution is 6.43. The topological polar surface area (TPSA) is 110 Å². The molecule has 0 saturated carbocycles. The fourth-order valence-corrected chi connectivity index (χ4v) is 4.04. The number of hydrogen-bond acceptors (Lipinski definition) is 5. The maximum Gasteiger partial charge on any atom is 0.294 e. The zero-order valence-corrected chi connectivity index (χ0v) is 18.7. The van der Waals surface area contributed by atoms with Gasteiger partial charge in [-0.1, -0.05) is 0 Å². The monoisotopic (exact) mass is 463 g/mol. The Kier molecular flexibility index (Phi) is 7.60. The Morgan fingerprint density at radius 1 is 1.24 bits per heavy atom. The predicted octanol–water partition coefficient (Wildman–Crippen LogP) is 2.22. The molecule has 2 heterocycles. The summed E-state index contributed by atoms with van der Waals surface area (Å²) in [4.78, 5) is 38.7. The number of ketones is 1. The number of nitrogens with zero attached hydrogens (tertiary/aromatic N) is 1. The van der Waals surface area contributed by atoms with Gasteiger partial charge in [0.05, 0.1) is 36.6 Å². The molecule has 1 aliphatic rings. The van der Waals surface area contributed by atoms with Gasteiger partial charge in [0.2, 0.25) is 0 Å². The van der Waals surface area contributed by atoms with Crippen molar-refractivity contribution in [2.24, 2.45) is 0 Å². The van der Waals surface area contributed by atoms with Gasteiger partial charge in [-0.25, -0.2) is 8.78 Å². The van der Waals surface area contributed by atoms with Gasteiger partial charge in [0.1, 0.15) is 12.5 Å². The zero-order chi connectivity index (χ0) is 24.3. The fourth-order valence-electron chi connectivity index (χ4n) is 4.04. The van der Waals surface area contributed by atoms with Gasteiger partial charge in [-0.05, 0) is 56.5 Å². The van der Waals surface area contributed by atoms with Gasteiger partial charge < -0.3 is 25.0 Å². The summed E-state index contributed by atoms with van der Waals surface area (Å²) in [6.45, 7) is 3.98. The summed E-state index contributed by atoms with van der Waals surface area (Å²) >= 11 is 0. The number of aliphatic hydroxyl groups excluding tert-OH is 1. The Morgan fingerprint density at radius 2 is 1.97 bits per heavy atom. The summed E-state index contributed by atoms with van der Waals surface area (Å²) in [5.74, 6) is -2.87. The number of halogens is 2. The van der Waals surface area contributed by atoms with Crippen molar-refractivity contribution in [3.8, 4) is 0 Å². The van der Waals surface area contributed by atoms with Gasteiger partial charge in [-0.15, -0.1) is 0 Å². The molecule has 1 saturated heterocycles. The number of benzene rings is 1. The summed E-state index contributed by atoms with van der Waals surface area (Å²) in [7, 11) is 0. The lowest BCUT2D eigenvalue weighted by atomic mass is 10.0. The summed E-state index contributed by atoms with van der Waals surface area (Å²) < 4.78 is 33.2. The lowest BCUT2D eigenvalue weighted by Crippen LogP contribution is -2.50. The highest BCUT2D eigenvalue weighted by atomic mass is 19.1. The minimum absolute atomic E-state index is 0.0443. The first-order valence-electron chi connectivity index (χ1n) is 10.6. The van der Waals surface area contributed by atoms with Crippen LogP contribution in [0.4, 0.5) is 14.5 Å². The Balaban J connectivity index is 1.90. The first kappa shape index (κ1) is 24.5. The number of aryl methyl sites for hydroxylation is 1. The number of aromatic nitrogens is 1. The zero-order valence-electron chi connectivity index (χ0n) is 18.7. The average Bonchev–Trinajstić information content (AvgIpc) is 3.01. The molecule has 0 bridgehead atoms. The second-order valence-electron chi connectivity index (χ2n) is 8.03. The number of hydrogen-bond donors (Lipinski definition) is 3. The van der Waals surface area contributed by atoms with Crippen LogP contribution in [0.25, 0.3) is 0 Å². The van der Waals surface area contributed by atoms with E-state index in [1.54, 1.807) is 13.8 Å². The van der Waals surface area contributed by atoms with Crippen molar-refractivity contribution in [3.63, 3.8) is 0 Å². The number of alkyl halides is 1. The fraction of sp³-hybridized carbons (Fsp3) is 0.435. The molecule has 2 aromatic rings. The van der Waals surface area contributed by atoms with Crippen molar-refractivity contribution < 1.29 is 33.0 Å². The molecule has 2 amide bonds. The van der Waals surface area contributed by atoms with Crippen LogP contribution in [-0.2, 0) is 16.1 Å². The summed E-state index contributed by atoms with van der Waals surface area (Å²) in [5.41, 5.74) is 1.29. The Hall–Kier alpha value is -3.11. The maximum atomic E-state index is 13.5. The minimum atomic E-state index is -0.956. The predicted molar refractivity (Wildman–Crippen MR) is 117 cm³/mol. The summed E-state index contributed by atoms with van der Waals surface area (Å²) in [6, 6.07) is 3.45. The SMILES string of the molecule is Cc1cc(NC(=O)c2c(C)c(C(=O)C(=O)N[C@@H]3CCOC[C@H]3O)n(CCF)c2C)ccc1F. The van der Waals surface area contributed by atoms with Crippen LogP contribution < -0.4 is 10.6 Å². The van der Waals surface area contributed by atoms with E-state index in [0.29, 0.717) is 30.0 Å². The van der Waals surface area contributed by atoms with Crippen LogP contribution in [0.5, 0.6) is 0 Å². The van der Waals surface area contributed by atoms with E-state index in [2.05, 4.69) is 10.6 Å². The first-order chi connectivity index (χ1) is 15.6. The molecule has 33 heavy (non-hydrogen) atoms. The lowest BCUT2D eigenvalue weighted by molar-refractivity contribution is -0.120. The number of amides is 2. The number of anilines is 1. The quantitative estimate of drug-likeness (QED) is 0.431. The molecule has 0 radical (unpaired) electrons. The summed E-state index contributed by atoms with van der Waals surface area (Å²) in [6.07, 6.45) is -0.606. The molecule has 3 N–H and O–H groups in total. The van der Waals surface area contributed by atoms with E-state index in [1.165, 1.54) is 29.7 Å². The minimum Gasteiger partial charge on any atom is -0.389 e. The van der Waals surface area contributed by atoms with Crippen LogP contribution in [0.3, 0.4) is 0 Å². The third-order valence-electron chi connectivity index (χ3n) is 5.78. The number of aliphatic hydroxyl groups is 1. The smallest absolute Gasteiger partial charge is 0.294 e. The van der Waals surface area contributed by atoms with E-state index in [4.69, 9.17) is 4.74 Å². The molecule has 0 unspecified atom stereocenters. The van der Waals surface area contributed by atoms with Crippen molar-refractivity contribution in [1.82, 2.24) is 9.88 Å². The first-order valence-corrected chi connectivity index (χ1v) is 10.6. The van der Waals surface area contributed by atoms with E-state index < -0.39 is 42.2 Å². The summed E-state index contributed by atoms with van der Waals surface area (Å²) in [5, 5.41) is 15.1. The lowest BCUT2D eigenvalue weighted by Gasteiger charge is -2.28. The number of Topliss-reactive ketones (excluding diaryl/α,β-unsaturated/α-hetero) is 1. The van der Waals surface area contributed by atoms with E-state index in [-0.39, 0.29) is 30.0 Å². The van der Waals surface area contributed by atoms with Gasteiger partial charge in [0, 0.05) is 18.0 Å². The number of carbonyl (C=O) groups is 3. The number of carbonyl (C=O) groups excluding carboxylic acids is 3. The van der Waals surface area contributed by atoms with E-state index in [0.717, 1.165) is 0 Å². The van der Waals surface area contributed by atoms with Crippen molar-refractivity contribution in [3.05, 3.63) is 52.1 Å². The van der Waals surface area contributed by atoms with Crippen LogP contribution in [-0.4, -0.2) is 59.3 Å². The maximum absolute atomic E-state index is 13.5. The number of rotatable bonds is 7. The van der Waals surface area contributed by atoms with Gasteiger partial charge in [-0.2, -0.15) is 0 Å². The molecule has 8 nitrogen and oxygen atoms in total. The highest BCUT2D eigenvalue weighted by Gasteiger charge is 2.32. The molecule has 1 aromatic carbocycles. The molecule has 3 rings (SSSR count). The third kappa shape index (κ3) is 5.12. The van der Waals surface area contributed by atoms with E-state index in [1.807, 2.05) is 0 Å². The van der Waals surface area contributed by atoms with Gasteiger partial charge >= 0.3 is 0 Å². The van der Waals surface area contributed by atoms with Gasteiger partial charge in [0.25, 0.3) is 17.6 Å². The molecular formula is C23H27F2N3O5. The van der Waals surface area contributed by atoms with Crippen molar-refractivity contribution in [2.45, 2.75) is 45.9 Å². The second kappa shape index (κ2) is 10.2. The molecule has 2 atom stereocenters. The normalized spacial score (nSPS) is 18.1. The molecule has 10 heteroatoms. The third-order valence-corrected chi connectivity index (χ3v) is 5.78.